The summed E-state index contributed by atoms with van der Waals surface area (Å²) in [6.07, 6.45) is 2.76. The summed E-state index contributed by atoms with van der Waals surface area (Å²) in [5.41, 5.74) is 10.9. The number of hydrogen-bond acceptors (Lipinski definition) is 3. The van der Waals surface area contributed by atoms with Crippen molar-refractivity contribution in [2.24, 2.45) is 5.73 Å². The first-order chi connectivity index (χ1) is 10.3. The number of pyridine rings is 1. The van der Waals surface area contributed by atoms with Gasteiger partial charge in [-0.1, -0.05) is 30.3 Å². The molecule has 1 heterocycles. The Balaban J connectivity index is 1.66. The Labute approximate surface area is 123 Å². The van der Waals surface area contributed by atoms with E-state index in [1.807, 2.05) is 12.3 Å². The van der Waals surface area contributed by atoms with Crippen LogP contribution in [-0.4, -0.2) is 4.98 Å². The fourth-order valence-electron chi connectivity index (χ4n) is 3.18. The van der Waals surface area contributed by atoms with Crippen LogP contribution in [0.3, 0.4) is 0 Å². The first-order valence-electron chi connectivity index (χ1n) is 7.27. The van der Waals surface area contributed by atoms with Crippen LogP contribution in [0.25, 0.3) is 10.9 Å². The minimum Gasteiger partial charge on any atom is -0.378 e. The highest BCUT2D eigenvalue weighted by Gasteiger charge is 2.27. The van der Waals surface area contributed by atoms with Gasteiger partial charge >= 0.3 is 0 Å². The summed E-state index contributed by atoms with van der Waals surface area (Å²) in [7, 11) is 0. The van der Waals surface area contributed by atoms with E-state index in [4.69, 9.17) is 5.73 Å². The van der Waals surface area contributed by atoms with E-state index in [1.165, 1.54) is 11.1 Å². The van der Waals surface area contributed by atoms with Gasteiger partial charge in [-0.25, -0.2) is 0 Å². The fraction of sp³-hybridized carbons (Fsp3) is 0.167. The van der Waals surface area contributed by atoms with Crippen LogP contribution in [0.5, 0.6) is 0 Å². The molecular weight excluding hydrogens is 258 g/mol. The number of hydrogen-bond donors (Lipinski definition) is 2. The van der Waals surface area contributed by atoms with Crippen molar-refractivity contribution in [3.8, 4) is 0 Å². The number of nitrogens with zero attached hydrogens (tertiary/aromatic N) is 1. The number of nitrogens with two attached hydrogens (primary N) is 1. The molecule has 3 nitrogen and oxygen atoms in total. The molecule has 0 fully saturated rings. The van der Waals surface area contributed by atoms with Crippen LogP contribution in [0.4, 0.5) is 5.69 Å². The molecule has 3 aromatic rings. The second-order valence-electron chi connectivity index (χ2n) is 5.58. The molecule has 0 spiro atoms. The second kappa shape index (κ2) is 4.86. The van der Waals surface area contributed by atoms with Crippen LogP contribution in [0.15, 0.2) is 60.8 Å². The van der Waals surface area contributed by atoms with Crippen LogP contribution >= 0.6 is 0 Å². The Kier molecular flexibility index (Phi) is 2.86. The standard InChI is InChI=1S/C18H17N3/c19-16-11-18(15-6-2-1-5-14(15)16)21-13-7-8-17-12(10-13)4-3-9-20-17/h1-10,16,18,21H,11,19H2. The summed E-state index contributed by atoms with van der Waals surface area (Å²) in [5, 5.41) is 4.76. The summed E-state index contributed by atoms with van der Waals surface area (Å²) in [6.45, 7) is 0. The average Bonchev–Trinajstić information content (AvgIpc) is 2.84. The number of benzene rings is 2. The molecule has 2 unspecified atom stereocenters. The van der Waals surface area contributed by atoms with E-state index >= 15 is 0 Å². The monoisotopic (exact) mass is 275 g/mol. The Hall–Kier alpha value is -2.39. The van der Waals surface area contributed by atoms with Crippen LogP contribution in [-0.2, 0) is 0 Å². The van der Waals surface area contributed by atoms with Gasteiger partial charge in [-0.15, -0.1) is 0 Å². The minimum atomic E-state index is 0.126. The molecule has 0 radical (unpaired) electrons. The molecule has 4 rings (SSSR count). The van der Waals surface area contributed by atoms with Gasteiger partial charge < -0.3 is 11.1 Å². The Morgan fingerprint density at radius 1 is 1.00 bits per heavy atom. The molecule has 1 aliphatic rings. The first kappa shape index (κ1) is 12.4. The number of rotatable bonds is 2. The van der Waals surface area contributed by atoms with Crippen molar-refractivity contribution in [3.63, 3.8) is 0 Å². The first-order valence-corrected chi connectivity index (χ1v) is 7.27. The van der Waals surface area contributed by atoms with Gasteiger partial charge in [0, 0.05) is 23.3 Å². The van der Waals surface area contributed by atoms with Crippen molar-refractivity contribution in [2.75, 3.05) is 5.32 Å². The van der Waals surface area contributed by atoms with Crippen molar-refractivity contribution in [1.29, 1.82) is 0 Å². The Morgan fingerprint density at radius 3 is 2.76 bits per heavy atom. The molecule has 0 bridgehead atoms. The summed E-state index contributed by atoms with van der Waals surface area (Å²) in [4.78, 5) is 4.35. The zero-order chi connectivity index (χ0) is 14.2. The van der Waals surface area contributed by atoms with Crippen LogP contribution in [0, 0.1) is 0 Å². The summed E-state index contributed by atoms with van der Waals surface area (Å²) < 4.78 is 0. The number of nitrogens with one attached hydrogen (secondary N) is 1. The number of aromatic nitrogens is 1. The van der Waals surface area contributed by atoms with Gasteiger partial charge in [0.1, 0.15) is 0 Å². The Bertz CT molecular complexity index is 797. The van der Waals surface area contributed by atoms with E-state index in [9.17, 15) is 0 Å². The van der Waals surface area contributed by atoms with E-state index in [2.05, 4.69) is 58.8 Å². The predicted molar refractivity (Wildman–Crippen MR) is 86.1 cm³/mol. The molecule has 0 saturated heterocycles. The molecule has 1 aromatic heterocycles. The van der Waals surface area contributed by atoms with Crippen LogP contribution in [0.2, 0.25) is 0 Å². The van der Waals surface area contributed by atoms with Crippen molar-refractivity contribution in [1.82, 2.24) is 4.98 Å². The second-order valence-corrected chi connectivity index (χ2v) is 5.58. The molecule has 21 heavy (non-hydrogen) atoms. The van der Waals surface area contributed by atoms with E-state index < -0.39 is 0 Å². The molecule has 0 amide bonds. The molecule has 3 N–H and O–H groups in total. The molecule has 104 valence electrons. The highest BCUT2D eigenvalue weighted by atomic mass is 14.9. The maximum Gasteiger partial charge on any atom is 0.0703 e. The molecule has 2 aromatic carbocycles. The third-order valence-corrected chi connectivity index (χ3v) is 4.20. The SMILES string of the molecule is NC1CC(Nc2ccc3ncccc3c2)c2ccccc21. The van der Waals surface area contributed by atoms with Crippen molar-refractivity contribution >= 4 is 16.6 Å². The minimum absolute atomic E-state index is 0.126. The maximum absolute atomic E-state index is 6.23. The third kappa shape index (κ3) is 2.16. The summed E-state index contributed by atoms with van der Waals surface area (Å²) in [5.74, 6) is 0. The van der Waals surface area contributed by atoms with Gasteiger partial charge in [0.15, 0.2) is 0 Å². The van der Waals surface area contributed by atoms with Gasteiger partial charge in [0.25, 0.3) is 0 Å². The lowest BCUT2D eigenvalue weighted by atomic mass is 10.1. The average molecular weight is 275 g/mol. The van der Waals surface area contributed by atoms with Crippen molar-refractivity contribution < 1.29 is 0 Å². The molecule has 3 heteroatoms. The molecule has 0 aliphatic heterocycles. The van der Waals surface area contributed by atoms with Crippen molar-refractivity contribution in [2.45, 2.75) is 18.5 Å². The topological polar surface area (TPSA) is 50.9 Å². The highest BCUT2D eigenvalue weighted by molar-refractivity contribution is 5.82. The van der Waals surface area contributed by atoms with Crippen LogP contribution in [0.1, 0.15) is 29.6 Å². The van der Waals surface area contributed by atoms with Gasteiger partial charge in [0.2, 0.25) is 0 Å². The quantitative estimate of drug-likeness (QED) is 0.748. The lowest BCUT2D eigenvalue weighted by Gasteiger charge is -2.16. The number of fused-ring (bicyclic) bond motifs is 2. The highest BCUT2D eigenvalue weighted by Crippen LogP contribution is 2.39. The van der Waals surface area contributed by atoms with E-state index in [0.29, 0.717) is 0 Å². The fourth-order valence-corrected chi connectivity index (χ4v) is 3.18. The lowest BCUT2D eigenvalue weighted by molar-refractivity contribution is 0.649. The van der Waals surface area contributed by atoms with E-state index in [1.54, 1.807) is 0 Å². The maximum atomic E-state index is 6.23. The van der Waals surface area contributed by atoms with E-state index in [-0.39, 0.29) is 12.1 Å². The number of anilines is 1. The normalized spacial score (nSPS) is 20.4. The van der Waals surface area contributed by atoms with Gasteiger partial charge in [0.05, 0.1) is 11.6 Å². The zero-order valence-electron chi connectivity index (χ0n) is 11.7. The summed E-state index contributed by atoms with van der Waals surface area (Å²) in [6, 6.07) is 19.2. The van der Waals surface area contributed by atoms with Gasteiger partial charge in [-0.3, -0.25) is 4.98 Å². The van der Waals surface area contributed by atoms with E-state index in [0.717, 1.165) is 23.0 Å². The molecular formula is C18H17N3. The summed E-state index contributed by atoms with van der Waals surface area (Å²) >= 11 is 0. The predicted octanol–water partition coefficient (Wildman–Crippen LogP) is 3.79. The van der Waals surface area contributed by atoms with Crippen molar-refractivity contribution in [3.05, 3.63) is 71.9 Å². The smallest absolute Gasteiger partial charge is 0.0703 e. The largest absolute Gasteiger partial charge is 0.378 e. The molecule has 1 aliphatic carbocycles. The lowest BCUT2D eigenvalue weighted by Crippen LogP contribution is -2.09. The van der Waals surface area contributed by atoms with Gasteiger partial charge in [-0.05, 0) is 41.8 Å². The molecule has 2 atom stereocenters. The van der Waals surface area contributed by atoms with Crippen LogP contribution < -0.4 is 11.1 Å². The Morgan fingerprint density at radius 2 is 1.86 bits per heavy atom. The third-order valence-electron chi connectivity index (χ3n) is 4.20. The molecule has 0 saturated carbocycles. The zero-order valence-corrected chi connectivity index (χ0v) is 11.7. The van der Waals surface area contributed by atoms with Gasteiger partial charge in [-0.2, -0.15) is 0 Å².